The molecule has 6 nitrogen and oxygen atoms in total. The van der Waals surface area contributed by atoms with Crippen LogP contribution in [-0.4, -0.2) is 39.8 Å². The van der Waals surface area contributed by atoms with Gasteiger partial charge in [0.25, 0.3) is 5.91 Å². The predicted octanol–water partition coefficient (Wildman–Crippen LogP) is 2.12. The van der Waals surface area contributed by atoms with Crippen molar-refractivity contribution in [1.29, 1.82) is 0 Å². The first-order chi connectivity index (χ1) is 12.1. The molecule has 1 aromatic heterocycles. The van der Waals surface area contributed by atoms with Gasteiger partial charge in [0.2, 0.25) is 5.43 Å². The van der Waals surface area contributed by atoms with Crippen molar-refractivity contribution in [3.63, 3.8) is 0 Å². The summed E-state index contributed by atoms with van der Waals surface area (Å²) in [6.07, 6.45) is 0.373. The maximum Gasteiger partial charge on any atom is 0.278 e. The fourth-order valence-corrected chi connectivity index (χ4v) is 2.91. The number of fused-ring (bicyclic) bond motifs is 1. The number of nitrogens with one attached hydrogen (secondary N) is 1. The highest BCUT2D eigenvalue weighted by Crippen LogP contribution is 2.23. The van der Waals surface area contributed by atoms with E-state index in [9.17, 15) is 14.7 Å². The number of hydrogen-bond donors (Lipinski definition) is 2. The average Bonchev–Trinajstić information content (AvgIpc) is 2.66. The molecule has 25 heavy (non-hydrogen) atoms. The highest BCUT2D eigenvalue weighted by atomic mass is 16.3. The summed E-state index contributed by atoms with van der Waals surface area (Å²) in [6, 6.07) is 16.0. The molecule has 0 fully saturated rings. The van der Waals surface area contributed by atoms with Gasteiger partial charge in [0.05, 0.1) is 11.6 Å². The molecule has 128 valence electrons. The lowest BCUT2D eigenvalue weighted by atomic mass is 10.0. The zero-order valence-corrected chi connectivity index (χ0v) is 13.8. The molecule has 6 heteroatoms. The number of carbonyl (C=O) groups is 1. The van der Waals surface area contributed by atoms with Crippen molar-refractivity contribution in [3.05, 3.63) is 76.1 Å². The molecule has 0 aliphatic carbocycles. The van der Waals surface area contributed by atoms with Crippen molar-refractivity contribution in [2.45, 2.75) is 12.5 Å². The van der Waals surface area contributed by atoms with Gasteiger partial charge in [-0.3, -0.25) is 14.7 Å². The summed E-state index contributed by atoms with van der Waals surface area (Å²) in [5, 5.41) is 16.5. The third-order valence-corrected chi connectivity index (χ3v) is 4.25. The number of aliphatic hydroxyl groups is 1. The van der Waals surface area contributed by atoms with E-state index in [1.54, 1.807) is 31.3 Å². The lowest BCUT2D eigenvalue weighted by Crippen LogP contribution is -2.36. The number of carbonyl (C=O) groups excluding carboxylic acids is 1. The number of aromatic amines is 1. The number of para-hydroxylation sites is 1. The standard InChI is InChI=1S/C19H19N3O3/c1-22(16(11-12-23)13-7-3-2-4-8-13)19(25)17-18(24)14-9-5-6-10-15(14)20-21-17/h2-10,16,23H,11-12H2,1H3,(H,20,24). The van der Waals surface area contributed by atoms with Crippen molar-refractivity contribution in [2.75, 3.05) is 13.7 Å². The van der Waals surface area contributed by atoms with Crippen LogP contribution >= 0.6 is 0 Å². The highest BCUT2D eigenvalue weighted by Gasteiger charge is 2.25. The Balaban J connectivity index is 1.99. The molecule has 1 amide bonds. The Morgan fingerprint density at radius 2 is 1.84 bits per heavy atom. The summed E-state index contributed by atoms with van der Waals surface area (Å²) in [4.78, 5) is 26.9. The molecular formula is C19H19N3O3. The van der Waals surface area contributed by atoms with E-state index in [2.05, 4.69) is 10.2 Å². The maximum absolute atomic E-state index is 12.9. The molecule has 0 spiro atoms. The zero-order valence-electron chi connectivity index (χ0n) is 13.8. The smallest absolute Gasteiger partial charge is 0.278 e. The van der Waals surface area contributed by atoms with E-state index in [-0.39, 0.29) is 18.3 Å². The quantitative estimate of drug-likeness (QED) is 0.747. The first kappa shape index (κ1) is 16.9. The third-order valence-electron chi connectivity index (χ3n) is 4.25. The van der Waals surface area contributed by atoms with Gasteiger partial charge in [-0.15, -0.1) is 0 Å². The van der Waals surface area contributed by atoms with E-state index >= 15 is 0 Å². The van der Waals surface area contributed by atoms with Gasteiger partial charge in [-0.25, -0.2) is 0 Å². The van der Waals surface area contributed by atoms with Gasteiger partial charge in [0, 0.05) is 19.0 Å². The highest BCUT2D eigenvalue weighted by molar-refractivity contribution is 5.95. The Morgan fingerprint density at radius 3 is 2.56 bits per heavy atom. The molecule has 1 heterocycles. The van der Waals surface area contributed by atoms with Crippen molar-refractivity contribution < 1.29 is 9.90 Å². The summed E-state index contributed by atoms with van der Waals surface area (Å²) < 4.78 is 0. The van der Waals surface area contributed by atoms with E-state index in [1.807, 2.05) is 30.3 Å². The van der Waals surface area contributed by atoms with Crippen LogP contribution in [0.1, 0.15) is 28.5 Å². The number of amides is 1. The van der Waals surface area contributed by atoms with E-state index in [4.69, 9.17) is 0 Å². The number of rotatable bonds is 5. The summed E-state index contributed by atoms with van der Waals surface area (Å²) >= 11 is 0. The summed E-state index contributed by atoms with van der Waals surface area (Å²) in [5.41, 5.74) is 0.924. The molecular weight excluding hydrogens is 318 g/mol. The molecule has 1 unspecified atom stereocenters. The number of nitrogens with zero attached hydrogens (tertiary/aromatic N) is 2. The summed E-state index contributed by atoms with van der Waals surface area (Å²) in [7, 11) is 1.62. The molecule has 0 aliphatic rings. The Hall–Kier alpha value is -2.99. The second-order valence-corrected chi connectivity index (χ2v) is 5.80. The molecule has 2 aromatic carbocycles. The molecule has 1 atom stereocenters. The molecule has 0 radical (unpaired) electrons. The normalized spacial score (nSPS) is 12.1. The minimum absolute atomic E-state index is 0.0707. The zero-order chi connectivity index (χ0) is 17.8. The number of hydrogen-bond acceptors (Lipinski definition) is 4. The van der Waals surface area contributed by atoms with Crippen molar-refractivity contribution >= 4 is 16.8 Å². The molecule has 0 saturated heterocycles. The lowest BCUT2D eigenvalue weighted by molar-refractivity contribution is 0.0697. The van der Waals surface area contributed by atoms with Gasteiger partial charge in [0.15, 0.2) is 5.69 Å². The van der Waals surface area contributed by atoms with Gasteiger partial charge in [-0.1, -0.05) is 42.5 Å². The third kappa shape index (κ3) is 3.29. The average molecular weight is 337 g/mol. The lowest BCUT2D eigenvalue weighted by Gasteiger charge is -2.27. The van der Waals surface area contributed by atoms with Crippen LogP contribution in [0.15, 0.2) is 59.4 Å². The Bertz CT molecular complexity index is 937. The number of aromatic nitrogens is 2. The van der Waals surface area contributed by atoms with Crippen molar-refractivity contribution in [1.82, 2.24) is 15.1 Å². The van der Waals surface area contributed by atoms with Crippen LogP contribution in [0.25, 0.3) is 10.9 Å². The van der Waals surface area contributed by atoms with Crippen LogP contribution in [0.5, 0.6) is 0 Å². The minimum Gasteiger partial charge on any atom is -0.396 e. The predicted molar refractivity (Wildman–Crippen MR) is 95.3 cm³/mol. The fraction of sp³-hybridized carbons (Fsp3) is 0.211. The first-order valence-corrected chi connectivity index (χ1v) is 8.04. The van der Waals surface area contributed by atoms with Crippen LogP contribution in [0.2, 0.25) is 0 Å². The molecule has 0 saturated carbocycles. The summed E-state index contributed by atoms with van der Waals surface area (Å²) in [5.74, 6) is -0.477. The number of H-pyrrole nitrogens is 1. The number of benzene rings is 2. The number of aliphatic hydroxyl groups excluding tert-OH is 1. The van der Waals surface area contributed by atoms with E-state index in [0.29, 0.717) is 17.3 Å². The van der Waals surface area contributed by atoms with Gasteiger partial charge < -0.3 is 10.0 Å². The SMILES string of the molecule is CN(C(=O)c1n[nH]c2ccccc2c1=O)C(CCO)c1ccccc1. The van der Waals surface area contributed by atoms with Crippen LogP contribution in [-0.2, 0) is 0 Å². The van der Waals surface area contributed by atoms with Crippen LogP contribution < -0.4 is 5.43 Å². The monoisotopic (exact) mass is 337 g/mol. The van der Waals surface area contributed by atoms with Crippen LogP contribution in [0.4, 0.5) is 0 Å². The maximum atomic E-state index is 12.9. The van der Waals surface area contributed by atoms with Gasteiger partial charge in [-0.05, 0) is 24.1 Å². The van der Waals surface area contributed by atoms with Crippen molar-refractivity contribution in [3.8, 4) is 0 Å². The minimum atomic E-state index is -0.477. The van der Waals surface area contributed by atoms with E-state index in [1.165, 1.54) is 4.90 Å². The second kappa shape index (κ2) is 7.27. The topological polar surface area (TPSA) is 86.3 Å². The van der Waals surface area contributed by atoms with Crippen LogP contribution in [0, 0.1) is 0 Å². The van der Waals surface area contributed by atoms with E-state index in [0.717, 1.165) is 5.56 Å². The largest absolute Gasteiger partial charge is 0.396 e. The van der Waals surface area contributed by atoms with Crippen molar-refractivity contribution in [2.24, 2.45) is 0 Å². The Labute approximate surface area is 144 Å². The molecule has 0 bridgehead atoms. The molecule has 0 aliphatic heterocycles. The first-order valence-electron chi connectivity index (χ1n) is 8.04. The second-order valence-electron chi connectivity index (χ2n) is 5.80. The summed E-state index contributed by atoms with van der Waals surface area (Å²) in [6.45, 7) is -0.0707. The fourth-order valence-electron chi connectivity index (χ4n) is 2.91. The molecule has 3 rings (SSSR count). The van der Waals surface area contributed by atoms with E-state index < -0.39 is 11.3 Å². The van der Waals surface area contributed by atoms with Crippen LogP contribution in [0.3, 0.4) is 0 Å². The Kier molecular flexibility index (Phi) is 4.90. The van der Waals surface area contributed by atoms with Gasteiger partial charge >= 0.3 is 0 Å². The molecule has 3 aromatic rings. The molecule has 2 N–H and O–H groups in total. The van der Waals surface area contributed by atoms with Gasteiger partial charge in [0.1, 0.15) is 0 Å². The Morgan fingerprint density at radius 1 is 1.16 bits per heavy atom. The van der Waals surface area contributed by atoms with Gasteiger partial charge in [-0.2, -0.15) is 5.10 Å².